The van der Waals surface area contributed by atoms with Gasteiger partial charge >= 0.3 is 0 Å². The van der Waals surface area contributed by atoms with Crippen LogP contribution >= 0.6 is 0 Å². The standard InChI is InChI=1S/C15H21N3O2/c1-15(20,10-18(2)3)9-17-14(19)12-4-5-13-11(8-12)6-7-16-13/h4-8,16,20H,9-10H2,1-3H3,(H,17,19). The largest absolute Gasteiger partial charge is 0.387 e. The van der Waals surface area contributed by atoms with Gasteiger partial charge in [-0.3, -0.25) is 4.79 Å². The minimum atomic E-state index is -0.947. The quantitative estimate of drug-likeness (QED) is 0.768. The molecule has 1 aromatic heterocycles. The van der Waals surface area contributed by atoms with Crippen LogP contribution in [0, 0.1) is 0 Å². The predicted molar refractivity (Wildman–Crippen MR) is 79.8 cm³/mol. The van der Waals surface area contributed by atoms with Gasteiger partial charge in [0, 0.05) is 35.8 Å². The highest BCUT2D eigenvalue weighted by molar-refractivity contribution is 5.98. The fourth-order valence-electron chi connectivity index (χ4n) is 2.30. The predicted octanol–water partition coefficient (Wildman–Crippen LogP) is 1.21. The number of aromatic nitrogens is 1. The Morgan fingerprint density at radius 3 is 2.85 bits per heavy atom. The Hall–Kier alpha value is -1.85. The molecule has 2 aromatic rings. The fraction of sp³-hybridized carbons (Fsp3) is 0.400. The van der Waals surface area contributed by atoms with Crippen LogP contribution in [0.1, 0.15) is 17.3 Å². The first-order valence-electron chi connectivity index (χ1n) is 6.60. The molecule has 1 unspecified atom stereocenters. The first-order valence-corrected chi connectivity index (χ1v) is 6.60. The average molecular weight is 275 g/mol. The minimum absolute atomic E-state index is 0.174. The van der Waals surface area contributed by atoms with Gasteiger partial charge in [-0.15, -0.1) is 0 Å². The molecule has 0 spiro atoms. The number of hydrogen-bond acceptors (Lipinski definition) is 3. The number of carbonyl (C=O) groups excluding carboxylic acids is 1. The van der Waals surface area contributed by atoms with E-state index < -0.39 is 5.60 Å². The van der Waals surface area contributed by atoms with Gasteiger partial charge in [-0.05, 0) is 45.3 Å². The van der Waals surface area contributed by atoms with E-state index in [1.165, 1.54) is 0 Å². The second-order valence-corrected chi connectivity index (χ2v) is 5.70. The molecule has 0 bridgehead atoms. The van der Waals surface area contributed by atoms with E-state index in [2.05, 4.69) is 10.3 Å². The molecular formula is C15H21N3O2. The van der Waals surface area contributed by atoms with Crippen molar-refractivity contribution in [2.24, 2.45) is 0 Å². The van der Waals surface area contributed by atoms with E-state index in [0.29, 0.717) is 12.1 Å². The lowest BCUT2D eigenvalue weighted by molar-refractivity contribution is 0.0326. The van der Waals surface area contributed by atoms with Crippen LogP contribution in [0.25, 0.3) is 10.9 Å². The third-order valence-electron chi connectivity index (χ3n) is 3.10. The van der Waals surface area contributed by atoms with E-state index in [1.54, 1.807) is 13.0 Å². The second-order valence-electron chi connectivity index (χ2n) is 5.70. The van der Waals surface area contributed by atoms with Gasteiger partial charge in [-0.1, -0.05) is 0 Å². The molecule has 0 fully saturated rings. The molecule has 1 atom stereocenters. The molecule has 0 saturated heterocycles. The summed E-state index contributed by atoms with van der Waals surface area (Å²) in [5, 5.41) is 13.9. The number of aromatic amines is 1. The van der Waals surface area contributed by atoms with E-state index in [-0.39, 0.29) is 12.5 Å². The zero-order valence-corrected chi connectivity index (χ0v) is 12.1. The molecule has 5 heteroatoms. The van der Waals surface area contributed by atoms with Gasteiger partial charge in [0.05, 0.1) is 5.60 Å². The maximum absolute atomic E-state index is 12.1. The summed E-state index contributed by atoms with van der Waals surface area (Å²) in [4.78, 5) is 17.1. The van der Waals surface area contributed by atoms with Gasteiger partial charge in [0.15, 0.2) is 0 Å². The number of aliphatic hydroxyl groups is 1. The monoisotopic (exact) mass is 275 g/mol. The molecule has 0 aliphatic heterocycles. The lowest BCUT2D eigenvalue weighted by Gasteiger charge is -2.27. The summed E-state index contributed by atoms with van der Waals surface area (Å²) in [6.45, 7) is 2.42. The molecule has 1 amide bonds. The first-order chi connectivity index (χ1) is 9.37. The van der Waals surface area contributed by atoms with Gasteiger partial charge in [-0.2, -0.15) is 0 Å². The maximum Gasteiger partial charge on any atom is 0.251 e. The molecule has 108 valence electrons. The van der Waals surface area contributed by atoms with Crippen LogP contribution in [0.15, 0.2) is 30.5 Å². The molecule has 0 saturated carbocycles. The van der Waals surface area contributed by atoms with Crippen molar-refractivity contribution in [1.29, 1.82) is 0 Å². The van der Waals surface area contributed by atoms with Gasteiger partial charge in [0.1, 0.15) is 0 Å². The SMILES string of the molecule is CN(C)CC(C)(O)CNC(=O)c1ccc2[nH]ccc2c1. The molecule has 5 nitrogen and oxygen atoms in total. The van der Waals surface area contributed by atoms with E-state index in [0.717, 1.165) is 10.9 Å². The van der Waals surface area contributed by atoms with Gasteiger partial charge < -0.3 is 20.3 Å². The van der Waals surface area contributed by atoms with E-state index in [1.807, 2.05) is 43.4 Å². The highest BCUT2D eigenvalue weighted by Gasteiger charge is 2.22. The summed E-state index contributed by atoms with van der Waals surface area (Å²) in [5.74, 6) is -0.174. The summed E-state index contributed by atoms with van der Waals surface area (Å²) in [7, 11) is 3.77. The van der Waals surface area contributed by atoms with Gasteiger partial charge in [0.25, 0.3) is 5.91 Å². The van der Waals surface area contributed by atoms with Gasteiger partial charge in [0.2, 0.25) is 0 Å². The molecule has 0 radical (unpaired) electrons. The van der Waals surface area contributed by atoms with Crippen molar-refractivity contribution in [3.63, 3.8) is 0 Å². The summed E-state index contributed by atoms with van der Waals surface area (Å²) >= 11 is 0. The topological polar surface area (TPSA) is 68.4 Å². The van der Waals surface area contributed by atoms with Crippen LogP contribution < -0.4 is 5.32 Å². The summed E-state index contributed by atoms with van der Waals surface area (Å²) in [5.41, 5.74) is 0.649. The Labute approximate surface area is 118 Å². The lowest BCUT2D eigenvalue weighted by atomic mass is 10.1. The number of rotatable bonds is 5. The highest BCUT2D eigenvalue weighted by atomic mass is 16.3. The van der Waals surface area contributed by atoms with Crippen molar-refractivity contribution >= 4 is 16.8 Å². The molecule has 2 rings (SSSR count). The van der Waals surface area contributed by atoms with Crippen LogP contribution in [0.3, 0.4) is 0 Å². The van der Waals surface area contributed by atoms with E-state index in [9.17, 15) is 9.90 Å². The zero-order valence-electron chi connectivity index (χ0n) is 12.1. The van der Waals surface area contributed by atoms with Crippen LogP contribution in [-0.2, 0) is 0 Å². The number of nitrogens with one attached hydrogen (secondary N) is 2. The number of benzene rings is 1. The average Bonchev–Trinajstić information content (AvgIpc) is 2.81. The number of nitrogens with zero attached hydrogens (tertiary/aromatic N) is 1. The molecule has 0 aliphatic rings. The van der Waals surface area contributed by atoms with Crippen molar-refractivity contribution in [2.75, 3.05) is 27.2 Å². The molecule has 1 heterocycles. The Kier molecular flexibility index (Phi) is 4.11. The van der Waals surface area contributed by atoms with Crippen LogP contribution in [0.4, 0.5) is 0 Å². The van der Waals surface area contributed by atoms with Crippen molar-refractivity contribution in [3.05, 3.63) is 36.0 Å². The Morgan fingerprint density at radius 1 is 1.40 bits per heavy atom. The van der Waals surface area contributed by atoms with Crippen molar-refractivity contribution in [1.82, 2.24) is 15.2 Å². The maximum atomic E-state index is 12.1. The Bertz CT molecular complexity index is 602. The second kappa shape index (κ2) is 5.64. The third kappa shape index (κ3) is 3.59. The Balaban J connectivity index is 2.01. The van der Waals surface area contributed by atoms with Crippen LogP contribution in [0.5, 0.6) is 0 Å². The van der Waals surface area contributed by atoms with Crippen molar-refractivity contribution < 1.29 is 9.90 Å². The molecule has 0 aliphatic carbocycles. The Morgan fingerprint density at radius 2 is 2.15 bits per heavy atom. The smallest absolute Gasteiger partial charge is 0.251 e. The number of amides is 1. The zero-order chi connectivity index (χ0) is 14.8. The first kappa shape index (κ1) is 14.6. The fourth-order valence-corrected chi connectivity index (χ4v) is 2.30. The number of fused-ring (bicyclic) bond motifs is 1. The number of carbonyl (C=O) groups is 1. The van der Waals surface area contributed by atoms with Crippen molar-refractivity contribution in [2.45, 2.75) is 12.5 Å². The molecule has 20 heavy (non-hydrogen) atoms. The third-order valence-corrected chi connectivity index (χ3v) is 3.10. The van der Waals surface area contributed by atoms with Crippen LogP contribution in [0.2, 0.25) is 0 Å². The van der Waals surface area contributed by atoms with E-state index >= 15 is 0 Å². The summed E-state index contributed by atoms with van der Waals surface area (Å²) in [6.07, 6.45) is 1.84. The molecule has 1 aromatic carbocycles. The summed E-state index contributed by atoms with van der Waals surface area (Å²) < 4.78 is 0. The van der Waals surface area contributed by atoms with Gasteiger partial charge in [-0.25, -0.2) is 0 Å². The normalized spacial score (nSPS) is 14.4. The lowest BCUT2D eigenvalue weighted by Crippen LogP contribution is -2.47. The number of hydrogen-bond donors (Lipinski definition) is 3. The highest BCUT2D eigenvalue weighted by Crippen LogP contribution is 2.14. The van der Waals surface area contributed by atoms with Crippen molar-refractivity contribution in [3.8, 4) is 0 Å². The summed E-state index contributed by atoms with van der Waals surface area (Å²) in [6, 6.07) is 7.41. The van der Waals surface area contributed by atoms with Crippen LogP contribution in [-0.4, -0.2) is 53.7 Å². The molecule has 3 N–H and O–H groups in total. The van der Waals surface area contributed by atoms with E-state index in [4.69, 9.17) is 0 Å². The molecular weight excluding hydrogens is 254 g/mol. The number of H-pyrrole nitrogens is 1. The minimum Gasteiger partial charge on any atom is -0.387 e. The number of likely N-dealkylation sites (N-methyl/N-ethyl adjacent to an activating group) is 1.